The van der Waals surface area contributed by atoms with E-state index in [1.54, 1.807) is 12.1 Å². The molecule has 0 aromatic heterocycles. The van der Waals surface area contributed by atoms with E-state index in [1.807, 2.05) is 12.1 Å². The highest BCUT2D eigenvalue weighted by atomic mass is 32.2. The van der Waals surface area contributed by atoms with Crippen LogP contribution in [-0.4, -0.2) is 45.1 Å². The van der Waals surface area contributed by atoms with Gasteiger partial charge in [-0.1, -0.05) is 19.8 Å². The number of hydrogen-bond donors (Lipinski definition) is 1. The predicted molar refractivity (Wildman–Crippen MR) is 92.2 cm³/mol. The van der Waals surface area contributed by atoms with Crippen molar-refractivity contribution in [2.24, 2.45) is 0 Å². The molecule has 1 aromatic carbocycles. The van der Waals surface area contributed by atoms with Gasteiger partial charge in [0.05, 0.1) is 18.1 Å². The Bertz CT molecular complexity index is 627. The molecule has 7 heteroatoms. The van der Waals surface area contributed by atoms with E-state index in [0.29, 0.717) is 18.8 Å². The molecule has 1 aliphatic heterocycles. The van der Waals surface area contributed by atoms with Crippen LogP contribution in [0.5, 0.6) is 11.5 Å². The van der Waals surface area contributed by atoms with Crippen molar-refractivity contribution in [2.75, 3.05) is 24.7 Å². The molecule has 0 spiro atoms. The number of carbonyl (C=O) groups is 1. The fraction of sp³-hybridized carbons (Fsp3) is 0.588. The van der Waals surface area contributed by atoms with Gasteiger partial charge in [-0.05, 0) is 37.1 Å². The summed E-state index contributed by atoms with van der Waals surface area (Å²) in [5.74, 6) is 1.20. The van der Waals surface area contributed by atoms with Crippen molar-refractivity contribution in [3.63, 3.8) is 0 Å². The molecule has 1 unspecified atom stereocenters. The van der Waals surface area contributed by atoms with Crippen LogP contribution < -0.4 is 14.8 Å². The number of sulfone groups is 1. The van der Waals surface area contributed by atoms with Crippen LogP contribution >= 0.6 is 0 Å². The van der Waals surface area contributed by atoms with E-state index in [1.165, 1.54) is 0 Å². The van der Waals surface area contributed by atoms with Crippen LogP contribution in [0.1, 0.15) is 32.6 Å². The first-order valence-electron chi connectivity index (χ1n) is 8.34. The van der Waals surface area contributed by atoms with Crippen molar-refractivity contribution < 1.29 is 22.7 Å². The maximum Gasteiger partial charge on any atom is 0.258 e. The highest BCUT2D eigenvalue weighted by Crippen LogP contribution is 2.18. The van der Waals surface area contributed by atoms with Crippen LogP contribution in [0.15, 0.2) is 24.3 Å². The van der Waals surface area contributed by atoms with Crippen LogP contribution in [0.25, 0.3) is 0 Å². The van der Waals surface area contributed by atoms with Gasteiger partial charge in [0, 0.05) is 6.04 Å². The number of benzene rings is 1. The lowest BCUT2D eigenvalue weighted by Gasteiger charge is -2.12. The number of unbranched alkanes of at least 4 members (excludes halogenated alkanes) is 2. The molecular formula is C17H25NO5S. The van der Waals surface area contributed by atoms with E-state index in [0.717, 1.165) is 25.0 Å². The fourth-order valence-electron chi connectivity index (χ4n) is 2.50. The first kappa shape index (κ1) is 18.6. The standard InChI is InChI=1S/C17H25NO5S/c1-2-3-4-10-22-15-5-7-16(8-6-15)23-12-17(19)18-14-9-11-24(20,21)13-14/h5-8,14H,2-4,9-13H2,1H3,(H,18,19). The van der Waals surface area contributed by atoms with Gasteiger partial charge < -0.3 is 14.8 Å². The summed E-state index contributed by atoms with van der Waals surface area (Å²) in [6.07, 6.45) is 3.81. The molecule has 1 amide bonds. The molecule has 1 saturated heterocycles. The Morgan fingerprint density at radius 3 is 2.42 bits per heavy atom. The zero-order chi connectivity index (χ0) is 17.4. The Labute approximate surface area is 143 Å². The first-order valence-corrected chi connectivity index (χ1v) is 10.2. The molecule has 134 valence electrons. The van der Waals surface area contributed by atoms with Crippen molar-refractivity contribution in [2.45, 2.75) is 38.6 Å². The quantitative estimate of drug-likeness (QED) is 0.685. The lowest BCUT2D eigenvalue weighted by Crippen LogP contribution is -2.38. The molecule has 1 heterocycles. The van der Waals surface area contributed by atoms with Gasteiger partial charge in [0.1, 0.15) is 11.5 Å². The average molecular weight is 355 g/mol. The summed E-state index contributed by atoms with van der Waals surface area (Å²) in [5, 5.41) is 2.69. The minimum absolute atomic E-state index is 0.0167. The molecule has 24 heavy (non-hydrogen) atoms. The van der Waals surface area contributed by atoms with Gasteiger partial charge in [-0.15, -0.1) is 0 Å². The van der Waals surface area contributed by atoms with Gasteiger partial charge in [-0.3, -0.25) is 4.79 Å². The van der Waals surface area contributed by atoms with Gasteiger partial charge in [0.2, 0.25) is 0 Å². The smallest absolute Gasteiger partial charge is 0.258 e. The van der Waals surface area contributed by atoms with Crippen molar-refractivity contribution in [1.82, 2.24) is 5.32 Å². The molecule has 6 nitrogen and oxygen atoms in total. The van der Waals surface area contributed by atoms with Crippen molar-refractivity contribution in [1.29, 1.82) is 0 Å². The summed E-state index contributed by atoms with van der Waals surface area (Å²) in [6, 6.07) is 6.82. The lowest BCUT2D eigenvalue weighted by molar-refractivity contribution is -0.123. The van der Waals surface area contributed by atoms with Gasteiger partial charge in [0.25, 0.3) is 5.91 Å². The van der Waals surface area contributed by atoms with E-state index in [2.05, 4.69) is 12.2 Å². The minimum Gasteiger partial charge on any atom is -0.494 e. The molecule has 1 N–H and O–H groups in total. The fourth-order valence-corrected chi connectivity index (χ4v) is 4.17. The Hall–Kier alpha value is -1.76. The number of hydrogen-bond acceptors (Lipinski definition) is 5. The number of nitrogens with one attached hydrogen (secondary N) is 1. The number of ether oxygens (including phenoxy) is 2. The van der Waals surface area contributed by atoms with Crippen LogP contribution in [0.3, 0.4) is 0 Å². The normalized spacial score (nSPS) is 19.0. The third kappa shape index (κ3) is 6.39. The summed E-state index contributed by atoms with van der Waals surface area (Å²) in [7, 11) is -2.99. The predicted octanol–water partition coefficient (Wildman–Crippen LogP) is 1.94. The summed E-state index contributed by atoms with van der Waals surface area (Å²) in [6.45, 7) is 2.71. The Balaban J connectivity index is 1.69. The SMILES string of the molecule is CCCCCOc1ccc(OCC(=O)NC2CCS(=O)(=O)C2)cc1. The molecule has 2 rings (SSSR count). The molecule has 1 aromatic rings. The molecule has 0 bridgehead atoms. The van der Waals surface area contributed by atoms with Gasteiger partial charge in [-0.2, -0.15) is 0 Å². The Kier molecular flexibility index (Phi) is 6.90. The topological polar surface area (TPSA) is 81.7 Å². The van der Waals surface area contributed by atoms with Crippen LogP contribution in [-0.2, 0) is 14.6 Å². The zero-order valence-corrected chi connectivity index (χ0v) is 14.8. The van der Waals surface area contributed by atoms with E-state index in [9.17, 15) is 13.2 Å². The molecule has 0 aliphatic carbocycles. The largest absolute Gasteiger partial charge is 0.494 e. The monoisotopic (exact) mass is 355 g/mol. The Morgan fingerprint density at radius 2 is 1.83 bits per heavy atom. The Morgan fingerprint density at radius 1 is 1.17 bits per heavy atom. The average Bonchev–Trinajstić information content (AvgIpc) is 2.89. The van der Waals surface area contributed by atoms with Crippen molar-refractivity contribution >= 4 is 15.7 Å². The molecule has 1 fully saturated rings. The summed E-state index contributed by atoms with van der Waals surface area (Å²) < 4.78 is 33.7. The van der Waals surface area contributed by atoms with E-state index in [4.69, 9.17) is 9.47 Å². The number of rotatable bonds is 9. The van der Waals surface area contributed by atoms with E-state index < -0.39 is 9.84 Å². The molecular weight excluding hydrogens is 330 g/mol. The van der Waals surface area contributed by atoms with Crippen molar-refractivity contribution in [3.05, 3.63) is 24.3 Å². The maximum atomic E-state index is 11.8. The van der Waals surface area contributed by atoms with Crippen LogP contribution in [0.4, 0.5) is 0 Å². The summed E-state index contributed by atoms with van der Waals surface area (Å²) in [5.41, 5.74) is 0. The van der Waals surface area contributed by atoms with Crippen LogP contribution in [0.2, 0.25) is 0 Å². The van der Waals surface area contributed by atoms with E-state index >= 15 is 0 Å². The third-order valence-corrected chi connectivity index (χ3v) is 5.58. The second kappa shape index (κ2) is 8.92. The summed E-state index contributed by atoms with van der Waals surface area (Å²) >= 11 is 0. The highest BCUT2D eigenvalue weighted by molar-refractivity contribution is 7.91. The second-order valence-electron chi connectivity index (χ2n) is 5.98. The summed E-state index contributed by atoms with van der Waals surface area (Å²) in [4.78, 5) is 11.8. The molecule has 0 saturated carbocycles. The first-order chi connectivity index (χ1) is 11.5. The zero-order valence-electron chi connectivity index (χ0n) is 14.0. The van der Waals surface area contributed by atoms with E-state index in [-0.39, 0.29) is 30.1 Å². The van der Waals surface area contributed by atoms with Crippen molar-refractivity contribution in [3.8, 4) is 11.5 Å². The molecule has 0 radical (unpaired) electrons. The maximum absolute atomic E-state index is 11.8. The third-order valence-electron chi connectivity index (χ3n) is 3.81. The second-order valence-corrected chi connectivity index (χ2v) is 8.21. The van der Waals surface area contributed by atoms with Gasteiger partial charge >= 0.3 is 0 Å². The molecule has 1 aliphatic rings. The highest BCUT2D eigenvalue weighted by Gasteiger charge is 2.28. The number of amides is 1. The van der Waals surface area contributed by atoms with Gasteiger partial charge in [-0.25, -0.2) is 8.42 Å². The van der Waals surface area contributed by atoms with Gasteiger partial charge in [0.15, 0.2) is 16.4 Å². The minimum atomic E-state index is -2.99. The molecule has 1 atom stereocenters. The number of carbonyl (C=O) groups excluding carboxylic acids is 1. The lowest BCUT2D eigenvalue weighted by atomic mass is 10.2. The van der Waals surface area contributed by atoms with Crippen LogP contribution in [0, 0.1) is 0 Å².